The Hall–Kier alpha value is -7.54. The summed E-state index contributed by atoms with van der Waals surface area (Å²) in [6, 6.07) is 79.3. The second-order valence-electron chi connectivity index (χ2n) is 19.6. The molecule has 2 aliphatic rings. The quantitative estimate of drug-likeness (QED) is 0.133. The average Bonchev–Trinajstić information content (AvgIpc) is 3.85. The maximum atomic E-state index is 2.59. The summed E-state index contributed by atoms with van der Waals surface area (Å²) in [5.74, 6) is 0. The standard InChI is InChI=1S/C68H54/c1-5-67(6-2)61-27-17-15-23-51(61)53-35-33-47(39-63(53)67)57-41-59-60(42-58(57)48-34-36-54-52-24-16-18-28-62(52)68(7-3,8-4)64(54)40-48)66(50-32-30-44-20-10-12-22-46(44)38-50)56-26-14-13-25-55(56)65(59)49-31-29-43-19-9-11-21-45(43)37-49/h9-42H,5-8H2,1-4H3. The van der Waals surface area contributed by atoms with Gasteiger partial charge in [-0.1, -0.05) is 198 Å². The zero-order valence-corrected chi connectivity index (χ0v) is 39.5. The highest BCUT2D eigenvalue weighted by atomic mass is 14.4. The highest BCUT2D eigenvalue weighted by molar-refractivity contribution is 6.23. The lowest BCUT2D eigenvalue weighted by molar-refractivity contribution is 0.490. The maximum Gasteiger partial charge on any atom is 0.0210 e. The van der Waals surface area contributed by atoms with Crippen LogP contribution in [0.25, 0.3) is 110 Å². The topological polar surface area (TPSA) is 0 Å². The Kier molecular flexibility index (Phi) is 9.29. The monoisotopic (exact) mass is 870 g/mol. The van der Waals surface area contributed by atoms with Crippen molar-refractivity contribution in [3.05, 3.63) is 229 Å². The zero-order valence-electron chi connectivity index (χ0n) is 39.5. The fourth-order valence-corrected chi connectivity index (χ4v) is 13.3. The zero-order chi connectivity index (χ0) is 45.7. The van der Waals surface area contributed by atoms with Gasteiger partial charge in [0.25, 0.3) is 0 Å². The van der Waals surface area contributed by atoms with Gasteiger partial charge in [-0.05, 0) is 194 Å². The third-order valence-electron chi connectivity index (χ3n) is 16.8. The van der Waals surface area contributed by atoms with Crippen LogP contribution in [0, 0.1) is 0 Å². The highest BCUT2D eigenvalue weighted by Gasteiger charge is 2.42. The van der Waals surface area contributed by atoms with E-state index < -0.39 is 0 Å². The minimum Gasteiger partial charge on any atom is -0.0642 e. The molecule has 13 rings (SSSR count). The smallest absolute Gasteiger partial charge is 0.0210 e. The minimum absolute atomic E-state index is 0.0458. The second-order valence-corrected chi connectivity index (χ2v) is 19.6. The summed E-state index contributed by atoms with van der Waals surface area (Å²) in [4.78, 5) is 0. The van der Waals surface area contributed by atoms with Crippen LogP contribution in [0.5, 0.6) is 0 Å². The van der Waals surface area contributed by atoms with Gasteiger partial charge >= 0.3 is 0 Å². The van der Waals surface area contributed by atoms with Gasteiger partial charge in [-0.25, -0.2) is 0 Å². The predicted molar refractivity (Wildman–Crippen MR) is 292 cm³/mol. The summed E-state index contributed by atoms with van der Waals surface area (Å²) in [5.41, 5.74) is 21.4. The van der Waals surface area contributed by atoms with Gasteiger partial charge in [0.15, 0.2) is 0 Å². The van der Waals surface area contributed by atoms with Crippen LogP contribution in [0.4, 0.5) is 0 Å². The van der Waals surface area contributed by atoms with Crippen LogP contribution in [-0.4, -0.2) is 0 Å². The summed E-state index contributed by atoms with van der Waals surface area (Å²) < 4.78 is 0. The molecule has 0 spiro atoms. The Morgan fingerprint density at radius 3 is 1.03 bits per heavy atom. The number of rotatable bonds is 8. The molecule has 68 heavy (non-hydrogen) atoms. The van der Waals surface area contributed by atoms with Gasteiger partial charge in [0.05, 0.1) is 0 Å². The molecule has 0 saturated heterocycles. The molecule has 0 radical (unpaired) electrons. The van der Waals surface area contributed by atoms with Crippen LogP contribution in [0.2, 0.25) is 0 Å². The number of benzene rings is 11. The molecule has 11 aromatic rings. The van der Waals surface area contributed by atoms with Gasteiger partial charge in [-0.2, -0.15) is 0 Å². The second kappa shape index (κ2) is 15.5. The van der Waals surface area contributed by atoms with Gasteiger partial charge in [-0.15, -0.1) is 0 Å². The first kappa shape index (κ1) is 40.7. The van der Waals surface area contributed by atoms with Gasteiger partial charge in [0.1, 0.15) is 0 Å². The van der Waals surface area contributed by atoms with Crippen LogP contribution in [0.3, 0.4) is 0 Å². The molecule has 0 heterocycles. The summed E-state index contributed by atoms with van der Waals surface area (Å²) in [6.07, 6.45) is 4.21. The van der Waals surface area contributed by atoms with E-state index in [2.05, 4.69) is 234 Å². The Balaban J connectivity index is 1.17. The van der Waals surface area contributed by atoms with Crippen LogP contribution in [0.1, 0.15) is 75.6 Å². The van der Waals surface area contributed by atoms with Crippen molar-refractivity contribution in [2.75, 3.05) is 0 Å². The summed E-state index contributed by atoms with van der Waals surface area (Å²) in [5, 5.41) is 10.1. The number of hydrogen-bond acceptors (Lipinski definition) is 0. The first-order chi connectivity index (χ1) is 33.5. The average molecular weight is 871 g/mol. The molecular formula is C68H54. The van der Waals surface area contributed by atoms with Crippen molar-refractivity contribution >= 4 is 43.1 Å². The van der Waals surface area contributed by atoms with E-state index in [0.717, 1.165) is 25.7 Å². The molecule has 326 valence electrons. The van der Waals surface area contributed by atoms with Crippen molar-refractivity contribution in [1.29, 1.82) is 0 Å². The fraction of sp³-hybridized carbons (Fsp3) is 0.147. The van der Waals surface area contributed by atoms with E-state index in [1.165, 1.54) is 132 Å². The van der Waals surface area contributed by atoms with E-state index in [0.29, 0.717) is 0 Å². The van der Waals surface area contributed by atoms with E-state index >= 15 is 0 Å². The molecule has 0 unspecified atom stereocenters. The Bertz CT molecular complexity index is 3600. The third kappa shape index (κ3) is 5.73. The summed E-state index contributed by atoms with van der Waals surface area (Å²) >= 11 is 0. The van der Waals surface area contributed by atoms with Crippen molar-refractivity contribution in [2.45, 2.75) is 64.2 Å². The minimum atomic E-state index is -0.0458. The lowest BCUT2D eigenvalue weighted by Gasteiger charge is -2.30. The van der Waals surface area contributed by atoms with E-state index in [-0.39, 0.29) is 10.8 Å². The molecule has 0 amide bonds. The van der Waals surface area contributed by atoms with Crippen LogP contribution in [0.15, 0.2) is 206 Å². The molecule has 0 nitrogen and oxygen atoms in total. The molecule has 0 aliphatic heterocycles. The SMILES string of the molecule is CCC1(CC)c2ccccc2-c2ccc(-c3cc4c(-c5ccc6ccccc6c5)c5ccccc5c(-c5ccc6ccccc6c5)c4cc3-c3ccc4c(c3)C(CC)(CC)c3ccccc3-4)cc21. The lowest BCUT2D eigenvalue weighted by atomic mass is 9.73. The van der Waals surface area contributed by atoms with Crippen LogP contribution < -0.4 is 0 Å². The van der Waals surface area contributed by atoms with E-state index in [4.69, 9.17) is 0 Å². The Labute approximate surface area is 400 Å². The van der Waals surface area contributed by atoms with Crippen LogP contribution >= 0.6 is 0 Å². The molecule has 0 bridgehead atoms. The van der Waals surface area contributed by atoms with Gasteiger partial charge in [0, 0.05) is 10.8 Å². The van der Waals surface area contributed by atoms with Gasteiger partial charge in [0.2, 0.25) is 0 Å². The van der Waals surface area contributed by atoms with Crippen molar-refractivity contribution in [1.82, 2.24) is 0 Å². The fourth-order valence-electron chi connectivity index (χ4n) is 13.3. The number of hydrogen-bond donors (Lipinski definition) is 0. The van der Waals surface area contributed by atoms with Crippen LogP contribution in [-0.2, 0) is 10.8 Å². The highest BCUT2D eigenvalue weighted by Crippen LogP contribution is 2.57. The van der Waals surface area contributed by atoms with Gasteiger partial charge in [-0.3, -0.25) is 0 Å². The van der Waals surface area contributed by atoms with Crippen molar-refractivity contribution in [3.63, 3.8) is 0 Å². The van der Waals surface area contributed by atoms with Gasteiger partial charge < -0.3 is 0 Å². The predicted octanol–water partition coefficient (Wildman–Crippen LogP) is 19.1. The first-order valence-electron chi connectivity index (χ1n) is 25.0. The summed E-state index contributed by atoms with van der Waals surface area (Å²) in [6.45, 7) is 9.54. The molecule has 11 aromatic carbocycles. The Morgan fingerprint density at radius 2 is 0.603 bits per heavy atom. The first-order valence-corrected chi connectivity index (χ1v) is 25.0. The third-order valence-corrected chi connectivity index (χ3v) is 16.8. The summed E-state index contributed by atoms with van der Waals surface area (Å²) in [7, 11) is 0. The van der Waals surface area contributed by atoms with Crippen molar-refractivity contribution < 1.29 is 0 Å². The molecule has 0 heteroatoms. The van der Waals surface area contributed by atoms with E-state index in [1.54, 1.807) is 0 Å². The molecular weight excluding hydrogens is 817 g/mol. The molecule has 0 saturated carbocycles. The Morgan fingerprint density at radius 1 is 0.250 bits per heavy atom. The lowest BCUT2D eigenvalue weighted by Crippen LogP contribution is -2.23. The maximum absolute atomic E-state index is 2.59. The number of fused-ring (bicyclic) bond motifs is 10. The molecule has 2 aliphatic carbocycles. The molecule has 0 N–H and O–H groups in total. The molecule has 0 atom stereocenters. The largest absolute Gasteiger partial charge is 0.0642 e. The van der Waals surface area contributed by atoms with E-state index in [1.807, 2.05) is 0 Å². The van der Waals surface area contributed by atoms with E-state index in [9.17, 15) is 0 Å². The molecule has 0 fully saturated rings. The normalized spacial score (nSPS) is 14.1. The molecule has 0 aromatic heterocycles. The van der Waals surface area contributed by atoms with Crippen molar-refractivity contribution in [2.24, 2.45) is 0 Å². The van der Waals surface area contributed by atoms with Crippen molar-refractivity contribution in [3.8, 4) is 66.8 Å².